The number of para-hydroxylation sites is 1. The van der Waals surface area contributed by atoms with Gasteiger partial charge in [0.25, 0.3) is 0 Å². The Morgan fingerprint density at radius 2 is 1.66 bits per heavy atom. The molecule has 3 aromatic rings. The predicted molar refractivity (Wildman–Crippen MR) is 143 cm³/mol. The fourth-order valence-corrected chi connectivity index (χ4v) is 6.83. The van der Waals surface area contributed by atoms with E-state index in [1.165, 1.54) is 4.90 Å². The van der Waals surface area contributed by atoms with Gasteiger partial charge in [0.05, 0.1) is 17.4 Å². The molecule has 3 aliphatic heterocycles. The van der Waals surface area contributed by atoms with E-state index < -0.39 is 29.1 Å². The summed E-state index contributed by atoms with van der Waals surface area (Å²) in [7, 11) is 0. The van der Waals surface area contributed by atoms with Gasteiger partial charge in [0, 0.05) is 24.5 Å². The third-order valence-corrected chi connectivity index (χ3v) is 8.42. The zero-order valence-electron chi connectivity index (χ0n) is 21.2. The van der Waals surface area contributed by atoms with Crippen molar-refractivity contribution in [2.45, 2.75) is 43.4 Å². The van der Waals surface area contributed by atoms with Crippen LogP contribution in [0.5, 0.6) is 0 Å². The highest BCUT2D eigenvalue weighted by Gasteiger charge is 2.77. The van der Waals surface area contributed by atoms with Crippen LogP contribution in [-0.2, 0) is 19.1 Å². The Bertz CT molecular complexity index is 1410. The Morgan fingerprint density at radius 1 is 0.947 bits per heavy atom. The number of anilines is 2. The minimum Gasteiger partial charge on any atom is -0.396 e. The number of benzene rings is 3. The number of hydrogen-bond acceptors (Lipinski definition) is 5. The molecule has 3 amide bonds. The molecule has 3 saturated heterocycles. The second-order valence-corrected chi connectivity index (χ2v) is 10.7. The lowest BCUT2D eigenvalue weighted by molar-refractivity contribution is -0.143. The molecule has 2 bridgehead atoms. The van der Waals surface area contributed by atoms with Gasteiger partial charge in [-0.15, -0.1) is 0 Å². The summed E-state index contributed by atoms with van der Waals surface area (Å²) in [4.78, 5) is 43.0. The molecular formula is C30H31N3O5. The van der Waals surface area contributed by atoms with Gasteiger partial charge in [0.1, 0.15) is 11.6 Å². The quantitative estimate of drug-likeness (QED) is 0.448. The minimum absolute atomic E-state index is 0.114. The lowest BCUT2D eigenvalue weighted by Crippen LogP contribution is -2.53. The molecule has 5 atom stereocenters. The highest BCUT2D eigenvalue weighted by atomic mass is 16.5. The van der Waals surface area contributed by atoms with E-state index >= 15 is 0 Å². The van der Waals surface area contributed by atoms with E-state index in [4.69, 9.17) is 4.74 Å². The van der Waals surface area contributed by atoms with E-state index in [-0.39, 0.29) is 30.9 Å². The van der Waals surface area contributed by atoms with Crippen LogP contribution in [0.15, 0.2) is 72.8 Å². The van der Waals surface area contributed by atoms with Gasteiger partial charge in [0.15, 0.2) is 0 Å². The van der Waals surface area contributed by atoms with E-state index in [0.29, 0.717) is 30.6 Å². The lowest BCUT2D eigenvalue weighted by atomic mass is 9.66. The van der Waals surface area contributed by atoms with Crippen molar-refractivity contribution < 1.29 is 24.2 Å². The standard InChI is InChI=1S/C30H31N3O5/c1-29-14-15-30(38-29)24(23(29)26(35)31-21-10-3-2-4-11-21)28(37)33(16-7-17-34)25(30)27(36)32-22-13-12-19-8-5-6-9-20(19)18-22/h2-6,8-13,18,23-25,34H,7,14-17H2,1H3,(H,31,35)(H,32,36)/t23-,24+,25?,29+,30?/m1/s1. The van der Waals surface area contributed by atoms with Gasteiger partial charge in [-0.05, 0) is 61.2 Å². The molecule has 3 N–H and O–H groups in total. The largest absolute Gasteiger partial charge is 0.396 e. The van der Waals surface area contributed by atoms with Gasteiger partial charge in [-0.2, -0.15) is 0 Å². The molecule has 8 nitrogen and oxygen atoms in total. The summed E-state index contributed by atoms with van der Waals surface area (Å²) >= 11 is 0. The van der Waals surface area contributed by atoms with Crippen molar-refractivity contribution in [2.24, 2.45) is 11.8 Å². The Labute approximate surface area is 221 Å². The number of carbonyl (C=O) groups is 3. The number of hydrogen-bond donors (Lipinski definition) is 3. The number of carbonyl (C=O) groups excluding carboxylic acids is 3. The van der Waals surface area contributed by atoms with E-state index in [2.05, 4.69) is 10.6 Å². The Balaban J connectivity index is 1.34. The number of nitrogens with zero attached hydrogens (tertiary/aromatic N) is 1. The molecule has 0 aromatic heterocycles. The first kappa shape index (κ1) is 24.6. The molecule has 3 fully saturated rings. The normalized spacial score (nSPS) is 29.5. The fraction of sp³-hybridized carbons (Fsp3) is 0.367. The first-order chi connectivity index (χ1) is 18.4. The van der Waals surface area contributed by atoms with E-state index in [0.717, 1.165) is 10.8 Å². The molecule has 2 unspecified atom stereocenters. The van der Waals surface area contributed by atoms with Crippen LogP contribution in [0.1, 0.15) is 26.2 Å². The smallest absolute Gasteiger partial charge is 0.250 e. The van der Waals surface area contributed by atoms with E-state index in [9.17, 15) is 19.5 Å². The van der Waals surface area contributed by atoms with Crippen LogP contribution in [0.3, 0.4) is 0 Å². The number of amides is 3. The Hall–Kier alpha value is -3.75. The average molecular weight is 514 g/mol. The van der Waals surface area contributed by atoms with Crippen molar-refractivity contribution in [2.75, 3.05) is 23.8 Å². The monoisotopic (exact) mass is 513 g/mol. The maximum absolute atomic E-state index is 13.9. The van der Waals surface area contributed by atoms with E-state index in [1.807, 2.05) is 67.6 Å². The molecule has 1 spiro atoms. The topological polar surface area (TPSA) is 108 Å². The molecule has 0 saturated carbocycles. The van der Waals surface area contributed by atoms with Crippen molar-refractivity contribution in [3.8, 4) is 0 Å². The van der Waals surface area contributed by atoms with E-state index in [1.54, 1.807) is 12.1 Å². The summed E-state index contributed by atoms with van der Waals surface area (Å²) in [5.74, 6) is -2.41. The van der Waals surface area contributed by atoms with Crippen LogP contribution >= 0.6 is 0 Å². The maximum atomic E-state index is 13.9. The first-order valence-corrected chi connectivity index (χ1v) is 13.1. The number of rotatable bonds is 7. The highest BCUT2D eigenvalue weighted by molar-refractivity contribution is 6.05. The van der Waals surface area contributed by atoms with Crippen LogP contribution in [0, 0.1) is 11.8 Å². The Kier molecular flexibility index (Phi) is 5.96. The summed E-state index contributed by atoms with van der Waals surface area (Å²) in [6.07, 6.45) is 1.39. The molecule has 0 radical (unpaired) electrons. The third-order valence-electron chi connectivity index (χ3n) is 8.42. The van der Waals surface area contributed by atoms with Gasteiger partial charge < -0.3 is 25.4 Å². The minimum atomic E-state index is -1.11. The summed E-state index contributed by atoms with van der Waals surface area (Å²) in [6.45, 7) is 1.96. The zero-order valence-corrected chi connectivity index (χ0v) is 21.2. The SMILES string of the molecule is C[C@@]12CCC3(O1)C(C(=O)Nc1ccc4ccccc4c1)N(CCCO)C(=O)[C@@H]3[C@@H]2C(=O)Nc1ccccc1. The zero-order chi connectivity index (χ0) is 26.5. The summed E-state index contributed by atoms with van der Waals surface area (Å²) in [6, 6.07) is 21.8. The van der Waals surface area contributed by atoms with Crippen LogP contribution in [-0.4, -0.2) is 58.1 Å². The number of likely N-dealkylation sites (tertiary alicyclic amines) is 1. The van der Waals surface area contributed by atoms with Crippen LogP contribution in [0.25, 0.3) is 10.8 Å². The molecule has 196 valence electrons. The number of ether oxygens (including phenoxy) is 1. The summed E-state index contributed by atoms with van der Waals surface area (Å²) in [5, 5.41) is 17.5. The molecule has 0 aliphatic carbocycles. The number of nitrogens with one attached hydrogen (secondary N) is 2. The number of fused-ring (bicyclic) bond motifs is 2. The number of aliphatic hydroxyl groups is 1. The second kappa shape index (κ2) is 9.22. The van der Waals surface area contributed by atoms with Crippen molar-refractivity contribution >= 4 is 39.9 Å². The van der Waals surface area contributed by atoms with Gasteiger partial charge in [-0.3, -0.25) is 14.4 Å². The summed E-state index contributed by atoms with van der Waals surface area (Å²) in [5.41, 5.74) is -0.698. The van der Waals surface area contributed by atoms with Crippen molar-refractivity contribution in [1.29, 1.82) is 0 Å². The second-order valence-electron chi connectivity index (χ2n) is 10.7. The molecule has 3 aromatic carbocycles. The maximum Gasteiger partial charge on any atom is 0.250 e. The van der Waals surface area contributed by atoms with Crippen LogP contribution in [0.2, 0.25) is 0 Å². The number of aliphatic hydroxyl groups excluding tert-OH is 1. The van der Waals surface area contributed by atoms with Crippen LogP contribution in [0.4, 0.5) is 11.4 Å². The van der Waals surface area contributed by atoms with Crippen molar-refractivity contribution in [1.82, 2.24) is 4.90 Å². The fourth-order valence-electron chi connectivity index (χ4n) is 6.83. The van der Waals surface area contributed by atoms with Gasteiger partial charge in [0.2, 0.25) is 17.7 Å². The van der Waals surface area contributed by atoms with Gasteiger partial charge >= 0.3 is 0 Å². The van der Waals surface area contributed by atoms with Crippen molar-refractivity contribution in [3.63, 3.8) is 0 Å². The molecule has 8 heteroatoms. The van der Waals surface area contributed by atoms with Crippen molar-refractivity contribution in [3.05, 3.63) is 72.8 Å². The molecule has 38 heavy (non-hydrogen) atoms. The predicted octanol–water partition coefficient (Wildman–Crippen LogP) is 3.56. The average Bonchev–Trinajstić information content (AvgIpc) is 3.48. The highest BCUT2D eigenvalue weighted by Crippen LogP contribution is 2.63. The van der Waals surface area contributed by atoms with Crippen LogP contribution < -0.4 is 10.6 Å². The van der Waals surface area contributed by atoms with Gasteiger partial charge in [-0.25, -0.2) is 0 Å². The van der Waals surface area contributed by atoms with Gasteiger partial charge in [-0.1, -0.05) is 48.5 Å². The first-order valence-electron chi connectivity index (χ1n) is 13.1. The molecular weight excluding hydrogens is 482 g/mol. The third kappa shape index (κ3) is 3.78. The molecule has 3 aliphatic rings. The molecule has 6 rings (SSSR count). The lowest BCUT2D eigenvalue weighted by Gasteiger charge is -2.33. The summed E-state index contributed by atoms with van der Waals surface area (Å²) < 4.78 is 6.62. The molecule has 3 heterocycles. The Morgan fingerprint density at radius 3 is 2.42 bits per heavy atom.